The second-order valence-electron chi connectivity index (χ2n) is 3.57. The Balaban J connectivity index is 1.91. The van der Waals surface area contributed by atoms with Gasteiger partial charge in [0.15, 0.2) is 0 Å². The monoisotopic (exact) mass is 338 g/mol. The summed E-state index contributed by atoms with van der Waals surface area (Å²) in [5.41, 5.74) is 0. The van der Waals surface area contributed by atoms with Gasteiger partial charge in [0.1, 0.15) is 0 Å². The predicted molar refractivity (Wildman–Crippen MR) is 67.2 cm³/mol. The van der Waals surface area contributed by atoms with Crippen molar-refractivity contribution in [3.05, 3.63) is 20.8 Å². The van der Waals surface area contributed by atoms with E-state index >= 15 is 0 Å². The van der Waals surface area contributed by atoms with Crippen LogP contribution in [0.15, 0.2) is 15.9 Å². The van der Waals surface area contributed by atoms with E-state index in [0.29, 0.717) is 4.83 Å². The fourth-order valence-corrected chi connectivity index (χ4v) is 4.05. The van der Waals surface area contributed by atoms with Crippen LogP contribution in [-0.2, 0) is 4.74 Å². The number of hydrogen-bond acceptors (Lipinski definition) is 2. The van der Waals surface area contributed by atoms with E-state index in [0.717, 1.165) is 19.1 Å². The number of thiophene rings is 1. The SMILES string of the molecule is Brc1ccc(C(Br)CC2CCOC2)s1. The van der Waals surface area contributed by atoms with E-state index in [1.54, 1.807) is 0 Å². The molecule has 0 aliphatic carbocycles. The number of rotatable bonds is 3. The van der Waals surface area contributed by atoms with Gasteiger partial charge in [-0.15, -0.1) is 11.3 Å². The van der Waals surface area contributed by atoms with Crippen LogP contribution in [0.3, 0.4) is 0 Å². The Hall–Kier alpha value is 0.620. The zero-order valence-corrected chi connectivity index (χ0v) is 11.7. The molecule has 0 saturated carbocycles. The van der Waals surface area contributed by atoms with Gasteiger partial charge in [-0.3, -0.25) is 0 Å². The number of ether oxygens (including phenoxy) is 1. The lowest BCUT2D eigenvalue weighted by Gasteiger charge is -2.11. The molecule has 4 heteroatoms. The molecule has 2 rings (SSSR count). The summed E-state index contributed by atoms with van der Waals surface area (Å²) in [5, 5.41) is 0. The lowest BCUT2D eigenvalue weighted by molar-refractivity contribution is 0.184. The van der Waals surface area contributed by atoms with Gasteiger partial charge < -0.3 is 4.74 Å². The molecule has 1 fully saturated rings. The Kier molecular flexibility index (Phi) is 4.05. The van der Waals surface area contributed by atoms with Crippen molar-refractivity contribution in [2.75, 3.05) is 13.2 Å². The zero-order chi connectivity index (χ0) is 9.97. The van der Waals surface area contributed by atoms with Crippen molar-refractivity contribution in [1.29, 1.82) is 0 Å². The molecule has 2 heterocycles. The molecular formula is C10H12Br2OS. The third-order valence-corrected chi connectivity index (χ3v) is 5.37. The molecule has 0 bridgehead atoms. The largest absolute Gasteiger partial charge is 0.381 e. The predicted octanol–water partition coefficient (Wildman–Crippen LogP) is 4.37. The maximum Gasteiger partial charge on any atom is 0.0701 e. The molecule has 1 saturated heterocycles. The van der Waals surface area contributed by atoms with Crippen molar-refractivity contribution < 1.29 is 4.74 Å². The summed E-state index contributed by atoms with van der Waals surface area (Å²) in [6.07, 6.45) is 2.40. The fraction of sp³-hybridized carbons (Fsp3) is 0.600. The third-order valence-electron chi connectivity index (χ3n) is 2.47. The van der Waals surface area contributed by atoms with Gasteiger partial charge in [0.25, 0.3) is 0 Å². The Labute approximate surface area is 105 Å². The highest BCUT2D eigenvalue weighted by Gasteiger charge is 2.20. The normalized spacial score (nSPS) is 24.0. The van der Waals surface area contributed by atoms with E-state index in [-0.39, 0.29) is 0 Å². The van der Waals surface area contributed by atoms with Crippen molar-refractivity contribution in [2.24, 2.45) is 5.92 Å². The van der Waals surface area contributed by atoms with Crippen LogP contribution < -0.4 is 0 Å². The van der Waals surface area contributed by atoms with Gasteiger partial charge in [0.05, 0.1) is 3.79 Å². The Morgan fingerprint density at radius 1 is 1.57 bits per heavy atom. The summed E-state index contributed by atoms with van der Waals surface area (Å²) < 4.78 is 6.58. The lowest BCUT2D eigenvalue weighted by Crippen LogP contribution is -2.02. The standard InChI is InChI=1S/C10H12Br2OS/c11-8(5-7-3-4-13-6-7)9-1-2-10(12)14-9/h1-2,7-8H,3-6H2. The van der Waals surface area contributed by atoms with E-state index in [4.69, 9.17) is 4.74 Å². The highest BCUT2D eigenvalue weighted by atomic mass is 79.9. The Morgan fingerprint density at radius 2 is 2.43 bits per heavy atom. The quantitative estimate of drug-likeness (QED) is 0.743. The molecule has 2 atom stereocenters. The van der Waals surface area contributed by atoms with Crippen molar-refractivity contribution in [2.45, 2.75) is 17.7 Å². The first-order chi connectivity index (χ1) is 6.75. The van der Waals surface area contributed by atoms with Crippen molar-refractivity contribution in [1.82, 2.24) is 0 Å². The van der Waals surface area contributed by atoms with E-state index < -0.39 is 0 Å². The highest BCUT2D eigenvalue weighted by molar-refractivity contribution is 9.11. The number of alkyl halides is 1. The van der Waals surface area contributed by atoms with E-state index in [1.165, 1.54) is 21.5 Å². The first-order valence-corrected chi connectivity index (χ1v) is 7.25. The summed E-state index contributed by atoms with van der Waals surface area (Å²) in [7, 11) is 0. The van der Waals surface area contributed by atoms with Crippen LogP contribution in [-0.4, -0.2) is 13.2 Å². The van der Waals surface area contributed by atoms with Gasteiger partial charge in [-0.1, -0.05) is 15.9 Å². The average Bonchev–Trinajstić information content (AvgIpc) is 2.75. The average molecular weight is 340 g/mol. The highest BCUT2D eigenvalue weighted by Crippen LogP contribution is 2.37. The zero-order valence-electron chi connectivity index (χ0n) is 7.71. The van der Waals surface area contributed by atoms with Gasteiger partial charge in [-0.25, -0.2) is 0 Å². The summed E-state index contributed by atoms with van der Waals surface area (Å²) in [5.74, 6) is 0.736. The molecule has 1 aliphatic rings. The van der Waals surface area contributed by atoms with Gasteiger partial charge in [0, 0.05) is 22.9 Å². The van der Waals surface area contributed by atoms with E-state index in [2.05, 4.69) is 44.0 Å². The van der Waals surface area contributed by atoms with Gasteiger partial charge >= 0.3 is 0 Å². The molecule has 2 unspecified atom stereocenters. The minimum Gasteiger partial charge on any atom is -0.381 e. The van der Waals surface area contributed by atoms with E-state index in [9.17, 15) is 0 Å². The van der Waals surface area contributed by atoms with Crippen molar-refractivity contribution in [3.63, 3.8) is 0 Å². The molecule has 1 aliphatic heterocycles. The van der Waals surface area contributed by atoms with Crippen molar-refractivity contribution in [3.8, 4) is 0 Å². The van der Waals surface area contributed by atoms with Crippen LogP contribution in [0.1, 0.15) is 22.5 Å². The third kappa shape index (κ3) is 2.81. The molecule has 0 radical (unpaired) electrons. The fourth-order valence-electron chi connectivity index (χ4n) is 1.67. The molecule has 0 N–H and O–H groups in total. The van der Waals surface area contributed by atoms with Crippen LogP contribution >= 0.6 is 43.2 Å². The molecule has 78 valence electrons. The number of halogens is 2. The van der Waals surface area contributed by atoms with Gasteiger partial charge in [-0.05, 0) is 46.8 Å². The Morgan fingerprint density at radius 3 is 3.00 bits per heavy atom. The molecular weight excluding hydrogens is 328 g/mol. The molecule has 1 aromatic rings. The molecule has 0 amide bonds. The smallest absolute Gasteiger partial charge is 0.0701 e. The first-order valence-electron chi connectivity index (χ1n) is 4.73. The first kappa shape index (κ1) is 11.1. The number of hydrogen-bond donors (Lipinski definition) is 0. The minimum absolute atomic E-state index is 0.491. The maximum absolute atomic E-state index is 5.37. The van der Waals surface area contributed by atoms with Crippen LogP contribution in [0.4, 0.5) is 0 Å². The van der Waals surface area contributed by atoms with Crippen LogP contribution in [0.2, 0.25) is 0 Å². The Bertz CT molecular complexity index is 294. The molecule has 14 heavy (non-hydrogen) atoms. The summed E-state index contributed by atoms with van der Waals surface area (Å²) in [6.45, 7) is 1.88. The van der Waals surface area contributed by atoms with Gasteiger partial charge in [0.2, 0.25) is 0 Å². The second-order valence-corrected chi connectivity index (χ2v) is 7.17. The van der Waals surface area contributed by atoms with E-state index in [1.807, 2.05) is 11.3 Å². The van der Waals surface area contributed by atoms with Crippen LogP contribution in [0.5, 0.6) is 0 Å². The maximum atomic E-state index is 5.37. The summed E-state index contributed by atoms with van der Waals surface area (Å²) >= 11 is 9.04. The second kappa shape index (κ2) is 5.10. The summed E-state index contributed by atoms with van der Waals surface area (Å²) in [4.78, 5) is 1.90. The molecule has 0 aromatic carbocycles. The van der Waals surface area contributed by atoms with Crippen LogP contribution in [0, 0.1) is 5.92 Å². The minimum atomic E-state index is 0.491. The molecule has 1 nitrogen and oxygen atoms in total. The molecule has 0 spiro atoms. The molecule has 1 aromatic heterocycles. The lowest BCUT2D eigenvalue weighted by atomic mass is 10.0. The summed E-state index contributed by atoms with van der Waals surface area (Å²) in [6, 6.07) is 4.30. The van der Waals surface area contributed by atoms with Gasteiger partial charge in [-0.2, -0.15) is 0 Å². The van der Waals surface area contributed by atoms with Crippen LogP contribution in [0.25, 0.3) is 0 Å². The topological polar surface area (TPSA) is 9.23 Å². The van der Waals surface area contributed by atoms with Crippen molar-refractivity contribution >= 4 is 43.2 Å².